The number of β-amino-alcohol motifs (C(OH)–C–C–N with tert-alkyl or cyclic N) is 1. The number of hydrogen-bond acceptors (Lipinski definition) is 3. The minimum atomic E-state index is -1.02. The van der Waals surface area contributed by atoms with Gasteiger partial charge in [0.2, 0.25) is 0 Å². The number of hydrogen-bond donors (Lipinski definition) is 3. The summed E-state index contributed by atoms with van der Waals surface area (Å²) >= 11 is 0. The highest BCUT2D eigenvalue weighted by Crippen LogP contribution is 2.45. The second kappa shape index (κ2) is 4.34. The Morgan fingerprint density at radius 3 is 1.88 bits per heavy atom. The van der Waals surface area contributed by atoms with E-state index in [-0.39, 0.29) is 0 Å². The lowest BCUT2D eigenvalue weighted by molar-refractivity contribution is -0.182. The Morgan fingerprint density at radius 1 is 1.00 bits per heavy atom. The first kappa shape index (κ1) is 11.9. The average molecular weight is 227 g/mol. The summed E-state index contributed by atoms with van der Waals surface area (Å²) in [5.74, 6) is -0.807. The average Bonchev–Trinajstić information content (AvgIpc) is 2.14. The quantitative estimate of drug-likeness (QED) is 0.661. The fourth-order valence-corrected chi connectivity index (χ4v) is 3.09. The molecule has 0 bridgehead atoms. The van der Waals surface area contributed by atoms with Crippen LogP contribution in [-0.4, -0.2) is 34.9 Å². The van der Waals surface area contributed by atoms with Crippen LogP contribution in [0.5, 0.6) is 0 Å². The fraction of sp³-hybridized carbons (Fsp3) is 0.917. The van der Waals surface area contributed by atoms with Gasteiger partial charge in [-0.1, -0.05) is 32.1 Å². The van der Waals surface area contributed by atoms with Crippen LogP contribution in [-0.2, 0) is 4.79 Å². The number of rotatable bonds is 2. The van der Waals surface area contributed by atoms with Crippen LogP contribution in [0.25, 0.3) is 0 Å². The Morgan fingerprint density at radius 2 is 1.50 bits per heavy atom. The van der Waals surface area contributed by atoms with Gasteiger partial charge in [-0.2, -0.15) is 0 Å². The lowest BCUT2D eigenvalue weighted by Gasteiger charge is -2.51. The Hall–Kier alpha value is -0.610. The first-order chi connectivity index (χ1) is 7.61. The number of carbonyl (C=O) groups is 1. The molecule has 3 N–H and O–H groups in total. The first-order valence-electron chi connectivity index (χ1n) is 6.27. The largest absolute Gasteiger partial charge is 0.481 e. The minimum absolute atomic E-state index is 0.430. The maximum absolute atomic E-state index is 11.6. The van der Waals surface area contributed by atoms with Gasteiger partial charge in [-0.05, 0) is 12.8 Å². The van der Waals surface area contributed by atoms with E-state index < -0.39 is 17.0 Å². The summed E-state index contributed by atoms with van der Waals surface area (Å²) in [5, 5.41) is 22.9. The van der Waals surface area contributed by atoms with Crippen molar-refractivity contribution in [2.75, 3.05) is 13.1 Å². The monoisotopic (exact) mass is 227 g/mol. The summed E-state index contributed by atoms with van der Waals surface area (Å²) in [6.07, 6.45) is 6.49. The molecule has 1 saturated carbocycles. The van der Waals surface area contributed by atoms with Crippen molar-refractivity contribution in [3.8, 4) is 0 Å². The summed E-state index contributed by atoms with van der Waals surface area (Å²) in [7, 11) is 0. The van der Waals surface area contributed by atoms with Gasteiger partial charge in [0.25, 0.3) is 0 Å². The first-order valence-corrected chi connectivity index (χ1v) is 6.27. The van der Waals surface area contributed by atoms with E-state index >= 15 is 0 Å². The molecule has 0 aromatic rings. The van der Waals surface area contributed by atoms with Crippen LogP contribution in [0.15, 0.2) is 0 Å². The topological polar surface area (TPSA) is 69.6 Å². The highest BCUT2D eigenvalue weighted by molar-refractivity contribution is 5.77. The second-order valence-electron chi connectivity index (χ2n) is 5.29. The summed E-state index contributed by atoms with van der Waals surface area (Å²) in [5.41, 5.74) is -1.92. The van der Waals surface area contributed by atoms with Crippen LogP contribution in [0.3, 0.4) is 0 Å². The number of nitrogens with one attached hydrogen (secondary N) is 1. The SMILES string of the molecule is O=C(O)C1(C2(O)CNC2)CCCCCCC1. The molecule has 16 heavy (non-hydrogen) atoms. The molecule has 0 aromatic heterocycles. The van der Waals surface area contributed by atoms with Gasteiger partial charge in [0.15, 0.2) is 0 Å². The lowest BCUT2D eigenvalue weighted by atomic mass is 9.62. The van der Waals surface area contributed by atoms with Crippen molar-refractivity contribution < 1.29 is 15.0 Å². The molecular formula is C12H21NO3. The molecule has 1 saturated heterocycles. The van der Waals surface area contributed by atoms with Gasteiger partial charge < -0.3 is 15.5 Å². The lowest BCUT2D eigenvalue weighted by Crippen LogP contribution is -2.70. The van der Waals surface area contributed by atoms with Crippen molar-refractivity contribution in [2.45, 2.75) is 50.5 Å². The third-order valence-electron chi connectivity index (χ3n) is 4.34. The van der Waals surface area contributed by atoms with Crippen molar-refractivity contribution in [1.82, 2.24) is 5.32 Å². The van der Waals surface area contributed by atoms with Gasteiger partial charge in [0, 0.05) is 13.1 Å². The summed E-state index contributed by atoms with van der Waals surface area (Å²) in [6, 6.07) is 0. The van der Waals surface area contributed by atoms with Crippen LogP contribution in [0, 0.1) is 5.41 Å². The van der Waals surface area contributed by atoms with E-state index in [1.807, 2.05) is 0 Å². The predicted octanol–water partition coefficient (Wildman–Crippen LogP) is 1.14. The zero-order chi connectivity index (χ0) is 11.6. The highest BCUT2D eigenvalue weighted by Gasteiger charge is 2.58. The molecule has 92 valence electrons. The number of carboxylic acid groups (broad SMARTS) is 1. The maximum Gasteiger partial charge on any atom is 0.312 e. The molecule has 1 heterocycles. The second-order valence-corrected chi connectivity index (χ2v) is 5.29. The van der Waals surface area contributed by atoms with Crippen molar-refractivity contribution >= 4 is 5.97 Å². The highest BCUT2D eigenvalue weighted by atomic mass is 16.4. The van der Waals surface area contributed by atoms with Gasteiger partial charge >= 0.3 is 5.97 Å². The molecule has 0 radical (unpaired) electrons. The van der Waals surface area contributed by atoms with E-state index in [0.29, 0.717) is 25.9 Å². The molecule has 4 heteroatoms. The maximum atomic E-state index is 11.6. The molecule has 1 aliphatic heterocycles. The van der Waals surface area contributed by atoms with Crippen LogP contribution >= 0.6 is 0 Å². The minimum Gasteiger partial charge on any atom is -0.481 e. The molecule has 0 aromatic carbocycles. The molecule has 0 atom stereocenters. The molecule has 2 fully saturated rings. The molecule has 2 aliphatic rings. The summed E-state index contributed by atoms with van der Waals surface area (Å²) in [4.78, 5) is 11.6. The number of aliphatic carboxylic acids is 1. The fourth-order valence-electron chi connectivity index (χ4n) is 3.09. The van der Waals surface area contributed by atoms with E-state index in [0.717, 1.165) is 25.7 Å². The van der Waals surface area contributed by atoms with E-state index in [1.165, 1.54) is 6.42 Å². The third-order valence-corrected chi connectivity index (χ3v) is 4.34. The van der Waals surface area contributed by atoms with E-state index in [2.05, 4.69) is 5.32 Å². The molecule has 0 amide bonds. The van der Waals surface area contributed by atoms with Crippen LogP contribution in [0.1, 0.15) is 44.9 Å². The standard InChI is InChI=1S/C12H21NO3/c14-10(15)11(12(16)8-13-9-12)6-4-2-1-3-5-7-11/h13,16H,1-9H2,(H,14,15). The van der Waals surface area contributed by atoms with E-state index in [9.17, 15) is 15.0 Å². The molecule has 0 spiro atoms. The zero-order valence-corrected chi connectivity index (χ0v) is 9.67. The number of aliphatic hydroxyl groups is 1. The summed E-state index contributed by atoms with van der Waals surface area (Å²) < 4.78 is 0. The molecule has 1 aliphatic carbocycles. The molecule has 0 unspecified atom stereocenters. The van der Waals surface area contributed by atoms with Gasteiger partial charge in [0.05, 0.1) is 5.41 Å². The Balaban J connectivity index is 2.21. The van der Waals surface area contributed by atoms with Crippen molar-refractivity contribution in [1.29, 1.82) is 0 Å². The third kappa shape index (κ3) is 1.74. The summed E-state index contributed by atoms with van der Waals surface area (Å²) in [6.45, 7) is 0.860. The van der Waals surface area contributed by atoms with Crippen molar-refractivity contribution in [2.24, 2.45) is 5.41 Å². The van der Waals surface area contributed by atoms with Gasteiger partial charge in [-0.3, -0.25) is 4.79 Å². The molecular weight excluding hydrogens is 206 g/mol. The smallest absolute Gasteiger partial charge is 0.312 e. The Kier molecular flexibility index (Phi) is 3.22. The van der Waals surface area contributed by atoms with Crippen LogP contribution in [0.4, 0.5) is 0 Å². The van der Waals surface area contributed by atoms with Crippen molar-refractivity contribution in [3.63, 3.8) is 0 Å². The van der Waals surface area contributed by atoms with Crippen LogP contribution in [0.2, 0.25) is 0 Å². The van der Waals surface area contributed by atoms with Gasteiger partial charge in [-0.15, -0.1) is 0 Å². The van der Waals surface area contributed by atoms with Gasteiger partial charge in [0.1, 0.15) is 5.60 Å². The number of carboxylic acids is 1. The normalized spacial score (nSPS) is 28.6. The molecule has 2 rings (SSSR count). The zero-order valence-electron chi connectivity index (χ0n) is 9.67. The Labute approximate surface area is 96.0 Å². The van der Waals surface area contributed by atoms with Crippen LogP contribution < -0.4 is 5.32 Å². The van der Waals surface area contributed by atoms with E-state index in [4.69, 9.17) is 0 Å². The Bertz CT molecular complexity index is 265. The van der Waals surface area contributed by atoms with Gasteiger partial charge in [-0.25, -0.2) is 0 Å². The van der Waals surface area contributed by atoms with E-state index in [1.54, 1.807) is 0 Å². The molecule has 4 nitrogen and oxygen atoms in total. The van der Waals surface area contributed by atoms with Crippen molar-refractivity contribution in [3.05, 3.63) is 0 Å². The predicted molar refractivity (Wildman–Crippen MR) is 60.2 cm³/mol.